The second-order valence-electron chi connectivity index (χ2n) is 9.00. The predicted octanol–water partition coefficient (Wildman–Crippen LogP) is 3.44. The number of nitrogens with one attached hydrogen (secondary N) is 1. The minimum atomic E-state index is -0.141. The van der Waals surface area contributed by atoms with Gasteiger partial charge in [-0.05, 0) is 36.6 Å². The molecule has 2 aromatic rings. The lowest BCUT2D eigenvalue weighted by Gasteiger charge is -2.36. The highest BCUT2D eigenvalue weighted by Gasteiger charge is 2.28. The molecule has 1 aromatic heterocycles. The molecule has 184 valence electrons. The average Bonchev–Trinajstić information content (AvgIpc) is 2.84. The third-order valence-corrected chi connectivity index (χ3v) is 6.29. The Morgan fingerprint density at radius 2 is 2.06 bits per heavy atom. The molecule has 0 spiro atoms. The first-order chi connectivity index (χ1) is 16.3. The molecule has 0 saturated heterocycles. The fraction of sp³-hybridized carbons (Fsp3) is 0.500. The van der Waals surface area contributed by atoms with Gasteiger partial charge in [-0.1, -0.05) is 19.9 Å². The van der Waals surface area contributed by atoms with E-state index in [1.165, 1.54) is 0 Å². The maximum absolute atomic E-state index is 13.3. The molecule has 2 heterocycles. The number of likely N-dealkylation sites (N-methyl/N-ethyl adjacent to an activating group) is 1. The van der Waals surface area contributed by atoms with Crippen LogP contribution in [-0.2, 0) is 16.1 Å². The lowest BCUT2D eigenvalue weighted by Crippen LogP contribution is -2.46. The second-order valence-corrected chi connectivity index (χ2v) is 9.00. The van der Waals surface area contributed by atoms with Crippen LogP contribution in [-0.4, -0.2) is 72.6 Å². The van der Waals surface area contributed by atoms with Crippen LogP contribution in [0.2, 0.25) is 0 Å². The Bertz CT molecular complexity index is 969. The monoisotopic (exact) mass is 468 g/mol. The molecule has 1 aliphatic rings. The summed E-state index contributed by atoms with van der Waals surface area (Å²) in [6.45, 7) is 8.42. The Morgan fingerprint density at radius 1 is 1.26 bits per heavy atom. The quantitative estimate of drug-likeness (QED) is 0.724. The van der Waals surface area contributed by atoms with E-state index >= 15 is 0 Å². The molecule has 0 unspecified atom stereocenters. The normalized spacial score (nSPS) is 22.2. The fourth-order valence-corrected chi connectivity index (χ4v) is 4.12. The molecular formula is C26H36N4O4. The van der Waals surface area contributed by atoms with Crippen LogP contribution < -0.4 is 10.1 Å². The van der Waals surface area contributed by atoms with Crippen LogP contribution in [0.1, 0.15) is 43.1 Å². The number of hydrogen-bond acceptors (Lipinski definition) is 6. The van der Waals surface area contributed by atoms with Gasteiger partial charge in [-0.2, -0.15) is 0 Å². The maximum atomic E-state index is 13.3. The van der Waals surface area contributed by atoms with Crippen molar-refractivity contribution in [2.24, 2.45) is 5.92 Å². The lowest BCUT2D eigenvalue weighted by molar-refractivity contribution is -0.115. The molecule has 2 amide bonds. The van der Waals surface area contributed by atoms with Gasteiger partial charge < -0.3 is 19.7 Å². The molecule has 1 aromatic carbocycles. The minimum absolute atomic E-state index is 0.0640. The van der Waals surface area contributed by atoms with Gasteiger partial charge in [0, 0.05) is 70.4 Å². The van der Waals surface area contributed by atoms with Crippen molar-refractivity contribution in [2.75, 3.05) is 39.2 Å². The third-order valence-electron chi connectivity index (χ3n) is 6.29. The predicted molar refractivity (Wildman–Crippen MR) is 132 cm³/mol. The highest BCUT2D eigenvalue weighted by molar-refractivity contribution is 5.98. The number of carbonyl (C=O) groups excluding carboxylic acids is 2. The van der Waals surface area contributed by atoms with Gasteiger partial charge in [0.1, 0.15) is 12.4 Å². The molecule has 3 rings (SSSR count). The number of carbonyl (C=O) groups is 2. The van der Waals surface area contributed by atoms with E-state index in [2.05, 4.69) is 35.1 Å². The van der Waals surface area contributed by atoms with Gasteiger partial charge in [0.15, 0.2) is 0 Å². The number of aromatic nitrogens is 1. The van der Waals surface area contributed by atoms with Crippen LogP contribution in [0.3, 0.4) is 0 Å². The van der Waals surface area contributed by atoms with E-state index in [9.17, 15) is 9.59 Å². The van der Waals surface area contributed by atoms with Crippen LogP contribution in [0, 0.1) is 5.92 Å². The van der Waals surface area contributed by atoms with Crippen molar-refractivity contribution in [2.45, 2.75) is 45.9 Å². The molecule has 3 atom stereocenters. The molecule has 0 saturated carbocycles. The van der Waals surface area contributed by atoms with Gasteiger partial charge in [-0.3, -0.25) is 19.5 Å². The SMILES string of the molecule is CCC(=O)Nc1ccc2c(c1)OC[C@@H](C)N(Cc1cccnc1)C[C@@H](C)[C@H](OC)CN(C)C2=O. The highest BCUT2D eigenvalue weighted by atomic mass is 16.5. The zero-order chi connectivity index (χ0) is 24.7. The fourth-order valence-electron chi connectivity index (χ4n) is 4.12. The van der Waals surface area contributed by atoms with E-state index < -0.39 is 0 Å². The number of amides is 2. The molecule has 1 aliphatic heterocycles. The zero-order valence-corrected chi connectivity index (χ0v) is 20.8. The summed E-state index contributed by atoms with van der Waals surface area (Å²) in [5.41, 5.74) is 2.20. The summed E-state index contributed by atoms with van der Waals surface area (Å²) in [7, 11) is 3.47. The molecule has 8 heteroatoms. The second kappa shape index (κ2) is 11.9. The summed E-state index contributed by atoms with van der Waals surface area (Å²) in [4.78, 5) is 33.5. The van der Waals surface area contributed by atoms with E-state index in [0.717, 1.165) is 18.7 Å². The van der Waals surface area contributed by atoms with Crippen molar-refractivity contribution in [1.82, 2.24) is 14.8 Å². The van der Waals surface area contributed by atoms with Crippen LogP contribution in [0.5, 0.6) is 5.75 Å². The Hall–Kier alpha value is -2.97. The summed E-state index contributed by atoms with van der Waals surface area (Å²) < 4.78 is 12.0. The number of methoxy groups -OCH3 is 1. The van der Waals surface area contributed by atoms with Crippen molar-refractivity contribution >= 4 is 17.5 Å². The van der Waals surface area contributed by atoms with E-state index in [1.54, 1.807) is 50.4 Å². The number of rotatable bonds is 5. The van der Waals surface area contributed by atoms with Gasteiger partial charge in [0.05, 0.1) is 11.7 Å². The number of anilines is 1. The van der Waals surface area contributed by atoms with Gasteiger partial charge >= 0.3 is 0 Å². The topological polar surface area (TPSA) is 84.0 Å². The number of fused-ring (bicyclic) bond motifs is 1. The van der Waals surface area contributed by atoms with Crippen molar-refractivity contribution < 1.29 is 19.1 Å². The summed E-state index contributed by atoms with van der Waals surface area (Å²) >= 11 is 0. The van der Waals surface area contributed by atoms with Gasteiger partial charge in [-0.25, -0.2) is 0 Å². The zero-order valence-electron chi connectivity index (χ0n) is 20.8. The highest BCUT2D eigenvalue weighted by Crippen LogP contribution is 2.27. The molecule has 0 bridgehead atoms. The first-order valence-electron chi connectivity index (χ1n) is 11.8. The summed E-state index contributed by atoms with van der Waals surface area (Å²) in [5.74, 6) is 0.411. The van der Waals surface area contributed by atoms with E-state index in [1.807, 2.05) is 12.3 Å². The Morgan fingerprint density at radius 3 is 2.74 bits per heavy atom. The van der Waals surface area contributed by atoms with Crippen LogP contribution >= 0.6 is 0 Å². The molecule has 34 heavy (non-hydrogen) atoms. The average molecular weight is 469 g/mol. The van der Waals surface area contributed by atoms with Crippen LogP contribution in [0.4, 0.5) is 5.69 Å². The van der Waals surface area contributed by atoms with E-state index in [0.29, 0.717) is 36.6 Å². The van der Waals surface area contributed by atoms with E-state index in [4.69, 9.17) is 9.47 Å². The van der Waals surface area contributed by atoms with Crippen molar-refractivity contribution in [1.29, 1.82) is 0 Å². The number of ether oxygens (including phenoxy) is 2. The molecule has 0 aliphatic carbocycles. The van der Waals surface area contributed by atoms with Gasteiger partial charge in [0.25, 0.3) is 5.91 Å². The molecule has 1 N–H and O–H groups in total. The Labute approximate surface area is 202 Å². The van der Waals surface area contributed by atoms with Gasteiger partial charge in [-0.15, -0.1) is 0 Å². The number of hydrogen-bond donors (Lipinski definition) is 1. The number of pyridine rings is 1. The molecule has 0 radical (unpaired) electrons. The number of benzene rings is 1. The largest absolute Gasteiger partial charge is 0.491 e. The van der Waals surface area contributed by atoms with Gasteiger partial charge in [0.2, 0.25) is 5.91 Å². The third kappa shape index (κ3) is 6.55. The lowest BCUT2D eigenvalue weighted by atomic mass is 10.0. The molecule has 0 fully saturated rings. The first kappa shape index (κ1) is 25.6. The Kier molecular flexibility index (Phi) is 9.01. The minimum Gasteiger partial charge on any atom is -0.491 e. The Balaban J connectivity index is 1.94. The summed E-state index contributed by atoms with van der Waals surface area (Å²) in [6.07, 6.45) is 3.90. The summed E-state index contributed by atoms with van der Waals surface area (Å²) in [6, 6.07) is 9.26. The molecule has 8 nitrogen and oxygen atoms in total. The van der Waals surface area contributed by atoms with Crippen molar-refractivity contribution in [3.63, 3.8) is 0 Å². The van der Waals surface area contributed by atoms with Crippen LogP contribution in [0.15, 0.2) is 42.7 Å². The first-order valence-corrected chi connectivity index (χ1v) is 11.8. The molecular weight excluding hydrogens is 432 g/mol. The smallest absolute Gasteiger partial charge is 0.257 e. The standard InChI is InChI=1S/C26H36N4O4/c1-6-25(31)28-21-9-10-22-23(12-21)34-17-19(3)30(15-20-8-7-11-27-13-20)14-18(2)24(33-5)16-29(4)26(22)32/h7-13,18-19,24H,6,14-17H2,1-5H3,(H,28,31)/t18-,19-,24-/m1/s1. The maximum Gasteiger partial charge on any atom is 0.257 e. The van der Waals surface area contributed by atoms with Crippen molar-refractivity contribution in [3.8, 4) is 5.75 Å². The van der Waals surface area contributed by atoms with Crippen molar-refractivity contribution in [3.05, 3.63) is 53.9 Å². The van der Waals surface area contributed by atoms with E-state index in [-0.39, 0.29) is 29.9 Å². The summed E-state index contributed by atoms with van der Waals surface area (Å²) in [5, 5.41) is 2.85. The number of nitrogens with zero attached hydrogens (tertiary/aromatic N) is 3. The van der Waals surface area contributed by atoms with Crippen LogP contribution in [0.25, 0.3) is 0 Å².